The predicted octanol–water partition coefficient (Wildman–Crippen LogP) is 6.69. The Bertz CT molecular complexity index is 1670. The van der Waals surface area contributed by atoms with Gasteiger partial charge in [-0.15, -0.1) is 23.5 Å². The van der Waals surface area contributed by atoms with Crippen molar-refractivity contribution in [2.75, 3.05) is 18.6 Å². The second-order valence-corrected chi connectivity index (χ2v) is 11.3. The third kappa shape index (κ3) is 5.92. The van der Waals surface area contributed by atoms with E-state index in [9.17, 15) is 18.0 Å². The Morgan fingerprint density at radius 2 is 1.65 bits per heavy atom. The number of aromatic nitrogens is 4. The summed E-state index contributed by atoms with van der Waals surface area (Å²) < 4.78 is 41.7. The molecule has 5 rings (SSSR count). The zero-order chi connectivity index (χ0) is 28.4. The fourth-order valence-electron chi connectivity index (χ4n) is 4.15. The molecule has 0 saturated carbocycles. The molecule has 206 valence electrons. The monoisotopic (exact) mass is 601 g/mol. The van der Waals surface area contributed by atoms with E-state index in [0.29, 0.717) is 34.1 Å². The number of halogens is 4. The number of rotatable bonds is 8. The standard InChI is InChI=1S/C28H23ClF3N5OS2/c1-39-20-8-6-19(7-9-20)37-25(22-11-10-21(14-23(22)29)40-13-12-33)15-24-26(35-37)27(38)36(34-24)16-17-2-4-18(5-3-17)28(30,31)32/h2-11,14-15H,12-13,16,33H2,1H3. The summed E-state index contributed by atoms with van der Waals surface area (Å²) in [7, 11) is 0. The van der Waals surface area contributed by atoms with Gasteiger partial charge in [0.2, 0.25) is 0 Å². The quantitative estimate of drug-likeness (QED) is 0.200. The lowest BCUT2D eigenvalue weighted by Gasteiger charge is -2.16. The van der Waals surface area contributed by atoms with E-state index in [2.05, 4.69) is 10.2 Å². The fraction of sp³-hybridized carbons (Fsp3) is 0.179. The third-order valence-electron chi connectivity index (χ3n) is 6.14. The van der Waals surface area contributed by atoms with Gasteiger partial charge in [-0.3, -0.25) is 4.79 Å². The lowest BCUT2D eigenvalue weighted by Crippen LogP contribution is -2.19. The topological polar surface area (TPSA) is 78.7 Å². The molecule has 0 amide bonds. The van der Waals surface area contributed by atoms with Crippen LogP contribution in [0.25, 0.3) is 28.3 Å². The minimum atomic E-state index is -4.44. The number of benzene rings is 3. The number of hydrogen-bond acceptors (Lipinski definition) is 6. The van der Waals surface area contributed by atoms with Crippen molar-refractivity contribution < 1.29 is 13.2 Å². The van der Waals surface area contributed by atoms with E-state index in [1.54, 1.807) is 34.3 Å². The van der Waals surface area contributed by atoms with Gasteiger partial charge in [0.1, 0.15) is 5.69 Å². The SMILES string of the molecule is CSc1ccc(-n2nc3c(=O)n(Cc4ccc(C(F)(F)F)cc4)nc-3cc2-c2ccc(SCCN)cc2Cl)cc1. The van der Waals surface area contributed by atoms with Crippen molar-refractivity contribution in [1.82, 2.24) is 19.6 Å². The van der Waals surface area contributed by atoms with Crippen molar-refractivity contribution in [3.05, 3.63) is 99.3 Å². The molecule has 12 heteroatoms. The van der Waals surface area contributed by atoms with E-state index < -0.39 is 17.3 Å². The summed E-state index contributed by atoms with van der Waals surface area (Å²) in [6, 6.07) is 19.9. The highest BCUT2D eigenvalue weighted by Gasteiger charge is 2.30. The van der Waals surface area contributed by atoms with Crippen LogP contribution in [0.15, 0.2) is 87.4 Å². The minimum Gasteiger partial charge on any atom is -0.330 e. The van der Waals surface area contributed by atoms with Crippen LogP contribution >= 0.6 is 35.1 Å². The molecule has 6 nitrogen and oxygen atoms in total. The summed E-state index contributed by atoms with van der Waals surface area (Å²) in [4.78, 5) is 15.4. The van der Waals surface area contributed by atoms with Crippen LogP contribution in [0.5, 0.6) is 0 Å². The third-order valence-corrected chi connectivity index (χ3v) is 8.23. The van der Waals surface area contributed by atoms with E-state index in [-0.39, 0.29) is 12.2 Å². The first-order chi connectivity index (χ1) is 19.2. The first kappa shape index (κ1) is 28.3. The van der Waals surface area contributed by atoms with Crippen molar-refractivity contribution in [3.8, 4) is 28.3 Å². The van der Waals surface area contributed by atoms with Gasteiger partial charge in [0, 0.05) is 27.7 Å². The van der Waals surface area contributed by atoms with Gasteiger partial charge in [-0.2, -0.15) is 23.4 Å². The van der Waals surface area contributed by atoms with Gasteiger partial charge in [0.25, 0.3) is 5.56 Å². The average Bonchev–Trinajstić information content (AvgIpc) is 3.25. The van der Waals surface area contributed by atoms with Crippen LogP contribution in [-0.2, 0) is 12.7 Å². The molecule has 2 aliphatic heterocycles. The van der Waals surface area contributed by atoms with Crippen LogP contribution in [0, 0.1) is 0 Å². The van der Waals surface area contributed by atoms with E-state index in [1.165, 1.54) is 16.8 Å². The minimum absolute atomic E-state index is 0.00109. The number of thioether (sulfide) groups is 2. The smallest absolute Gasteiger partial charge is 0.330 e. The summed E-state index contributed by atoms with van der Waals surface area (Å²) >= 11 is 9.94. The van der Waals surface area contributed by atoms with Gasteiger partial charge in [0.05, 0.1) is 28.5 Å². The summed E-state index contributed by atoms with van der Waals surface area (Å²) in [5.74, 6) is 0.758. The molecule has 0 atom stereocenters. The second kappa shape index (κ2) is 11.7. The first-order valence-electron chi connectivity index (χ1n) is 12.1. The number of alkyl halides is 3. The van der Waals surface area contributed by atoms with Gasteiger partial charge >= 0.3 is 6.18 Å². The first-order valence-corrected chi connectivity index (χ1v) is 14.7. The van der Waals surface area contributed by atoms with Gasteiger partial charge in [-0.25, -0.2) is 9.36 Å². The molecule has 0 radical (unpaired) electrons. The van der Waals surface area contributed by atoms with Gasteiger partial charge in [-0.05, 0) is 66.4 Å². The highest BCUT2D eigenvalue weighted by Crippen LogP contribution is 2.35. The molecule has 0 unspecified atom stereocenters. The molecule has 0 spiro atoms. The highest BCUT2D eigenvalue weighted by atomic mass is 35.5. The lowest BCUT2D eigenvalue weighted by atomic mass is 10.1. The predicted molar refractivity (Wildman–Crippen MR) is 155 cm³/mol. The Morgan fingerprint density at radius 3 is 2.27 bits per heavy atom. The zero-order valence-corrected chi connectivity index (χ0v) is 23.5. The van der Waals surface area contributed by atoms with E-state index in [0.717, 1.165) is 33.4 Å². The Labute approximate surface area is 241 Å². The normalized spacial score (nSPS) is 11.8. The van der Waals surface area contributed by atoms with Crippen LogP contribution in [0.1, 0.15) is 11.1 Å². The Morgan fingerprint density at radius 1 is 0.950 bits per heavy atom. The molecule has 3 aromatic carbocycles. The second-order valence-electron chi connectivity index (χ2n) is 8.81. The maximum Gasteiger partial charge on any atom is 0.416 e. The summed E-state index contributed by atoms with van der Waals surface area (Å²) in [5, 5.41) is 9.64. The number of nitrogens with two attached hydrogens (primary N) is 1. The van der Waals surface area contributed by atoms with Crippen LogP contribution in [0.2, 0.25) is 5.02 Å². The van der Waals surface area contributed by atoms with Crippen molar-refractivity contribution in [2.45, 2.75) is 22.5 Å². The Hall–Kier alpha value is -3.25. The van der Waals surface area contributed by atoms with Crippen molar-refractivity contribution in [3.63, 3.8) is 0 Å². The summed E-state index contributed by atoms with van der Waals surface area (Å²) in [6.45, 7) is 0.544. The molecule has 2 N–H and O–H groups in total. The largest absolute Gasteiger partial charge is 0.416 e. The molecular weight excluding hydrogens is 579 g/mol. The molecule has 0 aliphatic carbocycles. The number of fused-ring (bicyclic) bond motifs is 1. The molecule has 40 heavy (non-hydrogen) atoms. The van der Waals surface area contributed by atoms with E-state index in [4.69, 9.17) is 17.3 Å². The maximum atomic E-state index is 13.3. The molecule has 0 aromatic heterocycles. The summed E-state index contributed by atoms with van der Waals surface area (Å²) in [5.41, 5.74) is 7.47. The fourth-order valence-corrected chi connectivity index (χ4v) is 5.62. The zero-order valence-electron chi connectivity index (χ0n) is 21.2. The molecule has 0 bridgehead atoms. The van der Waals surface area contributed by atoms with Gasteiger partial charge in [-0.1, -0.05) is 29.8 Å². The Kier molecular flexibility index (Phi) is 8.27. The molecule has 2 heterocycles. The van der Waals surface area contributed by atoms with Crippen LogP contribution in [-0.4, -0.2) is 38.1 Å². The van der Waals surface area contributed by atoms with Gasteiger partial charge < -0.3 is 5.73 Å². The molecular formula is C28H23ClF3N5OS2. The van der Waals surface area contributed by atoms with E-state index in [1.807, 2.05) is 48.7 Å². The number of nitrogens with zero attached hydrogens (tertiary/aromatic N) is 4. The highest BCUT2D eigenvalue weighted by molar-refractivity contribution is 7.99. The van der Waals surface area contributed by atoms with Crippen LogP contribution < -0.4 is 11.3 Å². The molecule has 0 saturated heterocycles. The van der Waals surface area contributed by atoms with Crippen LogP contribution in [0.4, 0.5) is 13.2 Å². The van der Waals surface area contributed by atoms with Gasteiger partial charge in [0.15, 0.2) is 5.69 Å². The molecule has 2 aliphatic rings. The number of hydrogen-bond donors (Lipinski definition) is 1. The lowest BCUT2D eigenvalue weighted by molar-refractivity contribution is -0.137. The molecule has 3 aromatic rings. The molecule has 0 fully saturated rings. The summed E-state index contributed by atoms with van der Waals surface area (Å²) in [6.07, 6.45) is -2.45. The van der Waals surface area contributed by atoms with E-state index >= 15 is 0 Å². The Balaban J connectivity index is 1.61. The maximum absolute atomic E-state index is 13.3. The van der Waals surface area contributed by atoms with Crippen molar-refractivity contribution in [1.29, 1.82) is 0 Å². The van der Waals surface area contributed by atoms with Crippen LogP contribution in [0.3, 0.4) is 0 Å². The van der Waals surface area contributed by atoms with Crippen molar-refractivity contribution in [2.24, 2.45) is 5.73 Å². The van der Waals surface area contributed by atoms with Crippen molar-refractivity contribution >= 4 is 35.1 Å². The average molecular weight is 602 g/mol.